The van der Waals surface area contributed by atoms with Crippen molar-refractivity contribution in [1.29, 1.82) is 0 Å². The zero-order valence-corrected chi connectivity index (χ0v) is 20.1. The van der Waals surface area contributed by atoms with Crippen molar-refractivity contribution in [2.24, 2.45) is 0 Å². The zero-order chi connectivity index (χ0) is 22.7. The van der Waals surface area contributed by atoms with Gasteiger partial charge in [-0.05, 0) is 25.5 Å². The maximum absolute atomic E-state index is 5.59. The molecular weight excluding hydrogens is 428 g/mol. The summed E-state index contributed by atoms with van der Waals surface area (Å²) in [5.41, 5.74) is 2.17. The van der Waals surface area contributed by atoms with Gasteiger partial charge < -0.3 is 24.3 Å². The second kappa shape index (κ2) is 9.89. The number of fused-ring (bicyclic) bond motifs is 1. The van der Waals surface area contributed by atoms with Crippen LogP contribution in [0.25, 0.3) is 10.2 Å². The van der Waals surface area contributed by atoms with Crippen LogP contribution in [0.15, 0.2) is 12.1 Å². The molecule has 9 heteroatoms. The highest BCUT2D eigenvalue weighted by Gasteiger charge is 2.19. The monoisotopic (exact) mass is 458 g/mol. The highest BCUT2D eigenvalue weighted by atomic mass is 32.1. The van der Waals surface area contributed by atoms with Gasteiger partial charge >= 0.3 is 0 Å². The first-order valence-electron chi connectivity index (χ1n) is 10.6. The Morgan fingerprint density at radius 2 is 1.69 bits per heavy atom. The Kier molecular flexibility index (Phi) is 6.98. The second-order valence-corrected chi connectivity index (χ2v) is 8.92. The Bertz CT molecular complexity index is 1100. The largest absolute Gasteiger partial charge is 0.496 e. The summed E-state index contributed by atoms with van der Waals surface area (Å²) in [6.07, 6.45) is 0. The van der Waals surface area contributed by atoms with E-state index in [4.69, 9.17) is 28.9 Å². The first-order chi connectivity index (χ1) is 15.5. The highest BCUT2D eigenvalue weighted by Crippen LogP contribution is 2.37. The van der Waals surface area contributed by atoms with E-state index in [9.17, 15) is 0 Å². The minimum Gasteiger partial charge on any atom is -0.496 e. The Labute approximate surface area is 192 Å². The normalized spacial score (nSPS) is 14.5. The van der Waals surface area contributed by atoms with Crippen LogP contribution in [0.5, 0.6) is 17.2 Å². The van der Waals surface area contributed by atoms with E-state index in [1.54, 1.807) is 32.7 Å². The lowest BCUT2D eigenvalue weighted by Crippen LogP contribution is -2.36. The van der Waals surface area contributed by atoms with Gasteiger partial charge in [0.1, 0.15) is 22.2 Å². The summed E-state index contributed by atoms with van der Waals surface area (Å²) >= 11 is 1.71. The maximum Gasteiger partial charge on any atom is 0.164 e. The molecule has 0 bridgehead atoms. The first kappa shape index (κ1) is 22.6. The van der Waals surface area contributed by atoms with Crippen molar-refractivity contribution in [1.82, 2.24) is 14.9 Å². The fraction of sp³-hybridized carbons (Fsp3) is 0.478. The number of aryl methyl sites for hydroxylation is 2. The Morgan fingerprint density at radius 3 is 2.38 bits per heavy atom. The van der Waals surface area contributed by atoms with Gasteiger partial charge in [0.25, 0.3) is 0 Å². The zero-order valence-electron chi connectivity index (χ0n) is 19.3. The number of anilines is 1. The predicted octanol–water partition coefficient (Wildman–Crippen LogP) is 3.78. The van der Waals surface area contributed by atoms with Gasteiger partial charge in [-0.2, -0.15) is 0 Å². The highest BCUT2D eigenvalue weighted by molar-refractivity contribution is 7.18. The van der Waals surface area contributed by atoms with Crippen molar-refractivity contribution in [3.05, 3.63) is 34.0 Å². The lowest BCUT2D eigenvalue weighted by molar-refractivity contribution is 0.0331. The molecule has 2 aromatic heterocycles. The molecule has 1 fully saturated rings. The summed E-state index contributed by atoms with van der Waals surface area (Å²) in [5.74, 6) is 3.69. The second-order valence-electron chi connectivity index (χ2n) is 7.71. The van der Waals surface area contributed by atoms with Crippen molar-refractivity contribution < 1.29 is 18.9 Å². The number of rotatable bonds is 8. The van der Waals surface area contributed by atoms with Gasteiger partial charge in [0.15, 0.2) is 11.5 Å². The number of nitrogens with zero attached hydrogens (tertiary/aromatic N) is 3. The van der Waals surface area contributed by atoms with E-state index >= 15 is 0 Å². The molecule has 0 atom stereocenters. The van der Waals surface area contributed by atoms with Gasteiger partial charge in [0.05, 0.1) is 46.5 Å². The van der Waals surface area contributed by atoms with Crippen LogP contribution in [0.2, 0.25) is 0 Å². The van der Waals surface area contributed by atoms with E-state index in [0.29, 0.717) is 24.6 Å². The van der Waals surface area contributed by atoms with Crippen LogP contribution in [0.3, 0.4) is 0 Å². The van der Waals surface area contributed by atoms with Crippen LogP contribution >= 0.6 is 11.3 Å². The number of hydrogen-bond donors (Lipinski definition) is 1. The topological polar surface area (TPSA) is 78.0 Å². The van der Waals surface area contributed by atoms with Gasteiger partial charge in [0, 0.05) is 36.1 Å². The van der Waals surface area contributed by atoms with E-state index in [1.165, 1.54) is 10.4 Å². The molecule has 0 amide bonds. The lowest BCUT2D eigenvalue weighted by atomic mass is 10.1. The molecule has 32 heavy (non-hydrogen) atoms. The molecule has 3 heterocycles. The van der Waals surface area contributed by atoms with Crippen molar-refractivity contribution in [3.63, 3.8) is 0 Å². The molecule has 172 valence electrons. The molecule has 1 saturated heterocycles. The first-order valence-corrected chi connectivity index (χ1v) is 11.4. The van der Waals surface area contributed by atoms with Crippen LogP contribution in [0.4, 0.5) is 5.82 Å². The van der Waals surface area contributed by atoms with Crippen LogP contribution in [0, 0.1) is 13.8 Å². The number of benzene rings is 1. The fourth-order valence-electron chi connectivity index (χ4n) is 3.86. The molecule has 0 spiro atoms. The van der Waals surface area contributed by atoms with Gasteiger partial charge in [0.2, 0.25) is 0 Å². The molecular formula is C23H30N4O4S. The standard InChI is InChI=1S/C23H30N4O4S/c1-14-15(2)32-23-21(14)22(25-20(26-23)13-27-6-8-31-9-7-27)24-12-16-10-18(29-4)19(30-5)11-17(16)28-3/h10-11H,6-9,12-13H2,1-5H3,(H,24,25,26). The third-order valence-electron chi connectivity index (χ3n) is 5.78. The van der Waals surface area contributed by atoms with Crippen LogP contribution in [0.1, 0.15) is 21.8 Å². The summed E-state index contributed by atoms with van der Waals surface area (Å²) in [5, 5.41) is 4.62. The smallest absolute Gasteiger partial charge is 0.164 e. The molecule has 1 aliphatic heterocycles. The molecule has 1 N–H and O–H groups in total. The van der Waals surface area contributed by atoms with E-state index in [0.717, 1.165) is 59.5 Å². The third kappa shape index (κ3) is 4.60. The number of aromatic nitrogens is 2. The predicted molar refractivity (Wildman–Crippen MR) is 126 cm³/mol. The molecule has 0 unspecified atom stereocenters. The minimum absolute atomic E-state index is 0.529. The molecule has 0 radical (unpaired) electrons. The number of morpholine rings is 1. The molecule has 3 aromatic rings. The number of nitrogens with one attached hydrogen (secondary N) is 1. The van der Waals surface area contributed by atoms with E-state index in [1.807, 2.05) is 12.1 Å². The quantitative estimate of drug-likeness (QED) is 0.547. The fourth-order valence-corrected chi connectivity index (χ4v) is 4.91. The van der Waals surface area contributed by atoms with Gasteiger partial charge in [-0.3, -0.25) is 4.90 Å². The van der Waals surface area contributed by atoms with Crippen molar-refractivity contribution in [2.75, 3.05) is 52.9 Å². The minimum atomic E-state index is 0.529. The van der Waals surface area contributed by atoms with Crippen molar-refractivity contribution >= 4 is 27.4 Å². The van der Waals surface area contributed by atoms with Gasteiger partial charge in [-0.15, -0.1) is 11.3 Å². The Hall–Kier alpha value is -2.62. The molecule has 8 nitrogen and oxygen atoms in total. The lowest BCUT2D eigenvalue weighted by Gasteiger charge is -2.25. The van der Waals surface area contributed by atoms with Gasteiger partial charge in [-0.1, -0.05) is 0 Å². The van der Waals surface area contributed by atoms with Crippen molar-refractivity contribution in [2.45, 2.75) is 26.9 Å². The number of methoxy groups -OCH3 is 3. The molecule has 4 rings (SSSR count). The molecule has 1 aromatic carbocycles. The average molecular weight is 459 g/mol. The molecule has 0 saturated carbocycles. The average Bonchev–Trinajstić information content (AvgIpc) is 3.10. The molecule has 1 aliphatic rings. The summed E-state index contributed by atoms with van der Waals surface area (Å²) in [7, 11) is 4.90. The molecule has 0 aliphatic carbocycles. The van der Waals surface area contributed by atoms with Crippen LogP contribution in [-0.4, -0.2) is 62.5 Å². The Balaban J connectivity index is 1.66. The maximum atomic E-state index is 5.59. The Morgan fingerprint density at radius 1 is 1.00 bits per heavy atom. The van der Waals surface area contributed by atoms with Crippen molar-refractivity contribution in [3.8, 4) is 17.2 Å². The van der Waals surface area contributed by atoms with Gasteiger partial charge in [-0.25, -0.2) is 9.97 Å². The van der Waals surface area contributed by atoms with Crippen LogP contribution in [-0.2, 0) is 17.8 Å². The third-order valence-corrected chi connectivity index (χ3v) is 6.88. The number of thiophene rings is 1. The SMILES string of the molecule is COc1cc(OC)c(OC)cc1CNc1nc(CN2CCOCC2)nc2sc(C)c(C)c12. The summed E-state index contributed by atoms with van der Waals surface area (Å²) < 4.78 is 21.9. The van der Waals surface area contributed by atoms with E-state index in [2.05, 4.69) is 24.1 Å². The number of hydrogen-bond acceptors (Lipinski definition) is 9. The summed E-state index contributed by atoms with van der Waals surface area (Å²) in [6, 6.07) is 3.78. The van der Waals surface area contributed by atoms with Crippen LogP contribution < -0.4 is 19.5 Å². The van der Waals surface area contributed by atoms with E-state index < -0.39 is 0 Å². The number of ether oxygens (including phenoxy) is 4. The summed E-state index contributed by atoms with van der Waals surface area (Å²) in [4.78, 5) is 14.4. The summed E-state index contributed by atoms with van der Waals surface area (Å²) in [6.45, 7) is 8.80. The van der Waals surface area contributed by atoms with E-state index in [-0.39, 0.29) is 0 Å².